The highest BCUT2D eigenvalue weighted by Crippen LogP contribution is 2.34. The SMILES string of the molecule is Clc1csc(Nc2ccc3c(c2)OCCO3)n1. The van der Waals surface area contributed by atoms with Gasteiger partial charge in [0.05, 0.1) is 0 Å². The lowest BCUT2D eigenvalue weighted by Crippen LogP contribution is -2.15. The van der Waals surface area contributed by atoms with Gasteiger partial charge in [-0.25, -0.2) is 4.98 Å². The Kier molecular flexibility index (Phi) is 2.78. The van der Waals surface area contributed by atoms with Gasteiger partial charge in [0.2, 0.25) is 0 Å². The van der Waals surface area contributed by atoms with Crippen molar-refractivity contribution in [3.05, 3.63) is 28.7 Å². The van der Waals surface area contributed by atoms with Gasteiger partial charge in [0.15, 0.2) is 16.6 Å². The van der Waals surface area contributed by atoms with Crippen LogP contribution in [0, 0.1) is 0 Å². The van der Waals surface area contributed by atoms with Gasteiger partial charge in [-0.3, -0.25) is 0 Å². The third-order valence-electron chi connectivity index (χ3n) is 2.27. The van der Waals surface area contributed by atoms with Crippen LogP contribution in [-0.2, 0) is 0 Å². The molecule has 1 N–H and O–H groups in total. The molecule has 1 aliphatic heterocycles. The van der Waals surface area contributed by atoms with Crippen LogP contribution in [0.2, 0.25) is 5.15 Å². The van der Waals surface area contributed by atoms with E-state index in [9.17, 15) is 0 Å². The molecule has 0 radical (unpaired) electrons. The number of anilines is 2. The lowest BCUT2D eigenvalue weighted by molar-refractivity contribution is 0.171. The summed E-state index contributed by atoms with van der Waals surface area (Å²) in [6.07, 6.45) is 0. The van der Waals surface area contributed by atoms with E-state index in [1.165, 1.54) is 11.3 Å². The maximum Gasteiger partial charge on any atom is 0.188 e. The summed E-state index contributed by atoms with van der Waals surface area (Å²) in [5, 5.41) is 6.19. The average Bonchev–Trinajstić information content (AvgIpc) is 2.75. The lowest BCUT2D eigenvalue weighted by Gasteiger charge is -2.18. The first-order chi connectivity index (χ1) is 8.31. The summed E-state index contributed by atoms with van der Waals surface area (Å²) in [6.45, 7) is 1.18. The Balaban J connectivity index is 1.84. The predicted molar refractivity (Wildman–Crippen MR) is 67.8 cm³/mol. The zero-order chi connectivity index (χ0) is 11.7. The van der Waals surface area contributed by atoms with E-state index < -0.39 is 0 Å². The molecule has 1 aromatic carbocycles. The Labute approximate surface area is 107 Å². The van der Waals surface area contributed by atoms with E-state index >= 15 is 0 Å². The van der Waals surface area contributed by atoms with E-state index in [0.717, 1.165) is 22.3 Å². The van der Waals surface area contributed by atoms with E-state index in [1.807, 2.05) is 18.2 Å². The largest absolute Gasteiger partial charge is 0.486 e. The molecule has 0 bridgehead atoms. The zero-order valence-corrected chi connectivity index (χ0v) is 10.3. The predicted octanol–water partition coefficient (Wildman–Crippen LogP) is 3.31. The standard InChI is InChI=1S/C11H9ClN2O2S/c12-10-6-17-11(14-10)13-7-1-2-8-9(5-7)16-4-3-15-8/h1-2,5-6H,3-4H2,(H,13,14). The van der Waals surface area contributed by atoms with Gasteiger partial charge in [0.1, 0.15) is 18.4 Å². The van der Waals surface area contributed by atoms with Crippen LogP contribution >= 0.6 is 22.9 Å². The van der Waals surface area contributed by atoms with E-state index in [4.69, 9.17) is 21.1 Å². The van der Waals surface area contributed by atoms with Crippen LogP contribution in [0.4, 0.5) is 10.8 Å². The number of ether oxygens (including phenoxy) is 2. The molecule has 2 heterocycles. The first-order valence-electron chi connectivity index (χ1n) is 5.09. The number of rotatable bonds is 2. The summed E-state index contributed by atoms with van der Waals surface area (Å²) in [5.41, 5.74) is 0.903. The van der Waals surface area contributed by atoms with Crippen molar-refractivity contribution >= 4 is 33.8 Å². The Bertz CT molecular complexity index is 544. The van der Waals surface area contributed by atoms with Crippen LogP contribution in [0.3, 0.4) is 0 Å². The third-order valence-corrected chi connectivity index (χ3v) is 3.35. The summed E-state index contributed by atoms with van der Waals surface area (Å²) in [7, 11) is 0. The second-order valence-electron chi connectivity index (χ2n) is 3.46. The molecule has 0 fully saturated rings. The van der Waals surface area contributed by atoms with Crippen molar-refractivity contribution in [2.45, 2.75) is 0 Å². The molecule has 1 aromatic heterocycles. The number of hydrogen-bond acceptors (Lipinski definition) is 5. The molecule has 0 unspecified atom stereocenters. The molecule has 0 aliphatic carbocycles. The fraction of sp³-hybridized carbons (Fsp3) is 0.182. The number of halogens is 1. The minimum Gasteiger partial charge on any atom is -0.486 e. The zero-order valence-electron chi connectivity index (χ0n) is 8.77. The quantitative estimate of drug-likeness (QED) is 0.907. The number of thiazole rings is 1. The third kappa shape index (κ3) is 2.30. The maximum absolute atomic E-state index is 5.76. The Morgan fingerprint density at radius 1 is 1.24 bits per heavy atom. The molecule has 88 valence electrons. The van der Waals surface area contributed by atoms with Gasteiger partial charge in [0, 0.05) is 17.1 Å². The number of benzene rings is 1. The summed E-state index contributed by atoms with van der Waals surface area (Å²) < 4.78 is 10.9. The number of fused-ring (bicyclic) bond motifs is 1. The molecule has 6 heteroatoms. The lowest BCUT2D eigenvalue weighted by atomic mass is 10.2. The molecule has 2 aromatic rings. The monoisotopic (exact) mass is 268 g/mol. The fourth-order valence-corrected chi connectivity index (χ4v) is 2.41. The van der Waals surface area contributed by atoms with Crippen molar-refractivity contribution in [3.63, 3.8) is 0 Å². The van der Waals surface area contributed by atoms with E-state index in [-0.39, 0.29) is 0 Å². The van der Waals surface area contributed by atoms with Crippen LogP contribution in [0.1, 0.15) is 0 Å². The molecule has 0 saturated carbocycles. The number of nitrogens with zero attached hydrogens (tertiary/aromatic N) is 1. The van der Waals surface area contributed by atoms with E-state index in [1.54, 1.807) is 5.38 Å². The number of aromatic nitrogens is 1. The molecule has 17 heavy (non-hydrogen) atoms. The Hall–Kier alpha value is -1.46. The normalized spacial score (nSPS) is 13.5. The van der Waals surface area contributed by atoms with Gasteiger partial charge in [-0.15, -0.1) is 11.3 Å². The van der Waals surface area contributed by atoms with Gasteiger partial charge >= 0.3 is 0 Å². The van der Waals surface area contributed by atoms with Crippen molar-refractivity contribution in [1.29, 1.82) is 0 Å². The highest BCUT2D eigenvalue weighted by atomic mass is 35.5. The minimum atomic E-state index is 0.495. The van der Waals surface area contributed by atoms with Crippen LogP contribution in [0.5, 0.6) is 11.5 Å². The Morgan fingerprint density at radius 3 is 2.82 bits per heavy atom. The van der Waals surface area contributed by atoms with Crippen LogP contribution in [0.25, 0.3) is 0 Å². The van der Waals surface area contributed by atoms with Gasteiger partial charge in [0.25, 0.3) is 0 Å². The smallest absolute Gasteiger partial charge is 0.188 e. The second kappa shape index (κ2) is 4.43. The van der Waals surface area contributed by atoms with Gasteiger partial charge in [-0.05, 0) is 12.1 Å². The van der Waals surface area contributed by atoms with Crippen molar-refractivity contribution < 1.29 is 9.47 Å². The molecule has 3 rings (SSSR count). The molecule has 0 spiro atoms. The van der Waals surface area contributed by atoms with Crippen molar-refractivity contribution in [3.8, 4) is 11.5 Å². The molecular weight excluding hydrogens is 260 g/mol. The highest BCUT2D eigenvalue weighted by molar-refractivity contribution is 7.14. The van der Waals surface area contributed by atoms with E-state index in [0.29, 0.717) is 18.4 Å². The Morgan fingerprint density at radius 2 is 2.06 bits per heavy atom. The molecule has 0 atom stereocenters. The summed E-state index contributed by atoms with van der Waals surface area (Å²) in [6, 6.07) is 5.69. The van der Waals surface area contributed by atoms with Gasteiger partial charge in [-0.2, -0.15) is 0 Å². The van der Waals surface area contributed by atoms with Crippen molar-refractivity contribution in [1.82, 2.24) is 4.98 Å². The first-order valence-corrected chi connectivity index (χ1v) is 6.35. The molecule has 1 aliphatic rings. The topological polar surface area (TPSA) is 43.4 Å². The van der Waals surface area contributed by atoms with Crippen LogP contribution in [-0.4, -0.2) is 18.2 Å². The molecule has 4 nitrogen and oxygen atoms in total. The van der Waals surface area contributed by atoms with Gasteiger partial charge in [-0.1, -0.05) is 11.6 Å². The number of hydrogen-bond donors (Lipinski definition) is 1. The molecule has 0 amide bonds. The fourth-order valence-electron chi connectivity index (χ4n) is 1.56. The first kappa shape index (κ1) is 10.7. The summed E-state index contributed by atoms with van der Waals surface area (Å²) in [4.78, 5) is 4.12. The molecular formula is C11H9ClN2O2S. The minimum absolute atomic E-state index is 0.495. The average molecular weight is 269 g/mol. The summed E-state index contributed by atoms with van der Waals surface area (Å²) >= 11 is 7.21. The van der Waals surface area contributed by atoms with Crippen LogP contribution < -0.4 is 14.8 Å². The number of nitrogens with one attached hydrogen (secondary N) is 1. The second-order valence-corrected chi connectivity index (χ2v) is 4.70. The molecule has 0 saturated heterocycles. The van der Waals surface area contributed by atoms with Crippen molar-refractivity contribution in [2.75, 3.05) is 18.5 Å². The highest BCUT2D eigenvalue weighted by Gasteiger charge is 2.12. The maximum atomic E-state index is 5.76. The van der Waals surface area contributed by atoms with Crippen LogP contribution in [0.15, 0.2) is 23.6 Å². The van der Waals surface area contributed by atoms with Crippen molar-refractivity contribution in [2.24, 2.45) is 0 Å². The summed E-state index contributed by atoms with van der Waals surface area (Å²) in [5.74, 6) is 1.53. The van der Waals surface area contributed by atoms with Gasteiger partial charge < -0.3 is 14.8 Å². The van der Waals surface area contributed by atoms with E-state index in [2.05, 4.69) is 10.3 Å².